The van der Waals surface area contributed by atoms with Crippen molar-refractivity contribution in [1.82, 2.24) is 4.67 Å². The number of benzene rings is 1. The van der Waals surface area contributed by atoms with Crippen molar-refractivity contribution in [3.63, 3.8) is 0 Å². The molecule has 3 nitrogen and oxygen atoms in total. The largest absolute Gasteiger partial charge is 0.377 e. The molecule has 2 unspecified atom stereocenters. The predicted molar refractivity (Wildman–Crippen MR) is 108 cm³/mol. The summed E-state index contributed by atoms with van der Waals surface area (Å²) in [7, 11) is 7.76. The molecule has 24 heavy (non-hydrogen) atoms. The Morgan fingerprint density at radius 3 is 2.62 bits per heavy atom. The summed E-state index contributed by atoms with van der Waals surface area (Å²) < 4.78 is 8.34. The second-order valence-corrected chi connectivity index (χ2v) is 8.86. The van der Waals surface area contributed by atoms with E-state index >= 15 is 0 Å². The van der Waals surface area contributed by atoms with Crippen LogP contribution in [-0.2, 0) is 4.74 Å². The van der Waals surface area contributed by atoms with Gasteiger partial charge in [0.05, 0.1) is 6.10 Å². The molecule has 1 aliphatic rings. The van der Waals surface area contributed by atoms with Gasteiger partial charge >= 0.3 is 0 Å². The fraction of sp³-hybridized carbons (Fsp3) is 0.500. The molecule has 0 aromatic heterocycles. The first kappa shape index (κ1) is 19.2. The van der Waals surface area contributed by atoms with E-state index in [0.29, 0.717) is 0 Å². The van der Waals surface area contributed by atoms with Gasteiger partial charge in [-0.2, -0.15) is 0 Å². The highest BCUT2D eigenvalue weighted by atomic mass is 31.1. The average Bonchev–Trinajstić information content (AvgIpc) is 2.55. The molecule has 0 bridgehead atoms. The van der Waals surface area contributed by atoms with Gasteiger partial charge in [0.25, 0.3) is 0 Å². The molecule has 0 saturated heterocycles. The molecule has 0 N–H and O–H groups in total. The molecule has 132 valence electrons. The van der Waals surface area contributed by atoms with Gasteiger partial charge in [-0.1, -0.05) is 36.8 Å². The lowest BCUT2D eigenvalue weighted by Crippen LogP contribution is -2.29. The topological polar surface area (TPSA) is 15.7 Å². The molecule has 1 aromatic rings. The van der Waals surface area contributed by atoms with E-state index in [4.69, 9.17) is 4.74 Å². The van der Waals surface area contributed by atoms with E-state index in [1.165, 1.54) is 21.9 Å². The number of methoxy groups -OCH3 is 1. The first-order valence-electron chi connectivity index (χ1n) is 8.68. The summed E-state index contributed by atoms with van der Waals surface area (Å²) in [6, 6.07) is 6.81. The van der Waals surface area contributed by atoms with Crippen LogP contribution in [0.3, 0.4) is 0 Å². The zero-order valence-electron chi connectivity index (χ0n) is 15.9. The Morgan fingerprint density at radius 1 is 1.25 bits per heavy atom. The molecule has 0 amide bonds. The first-order chi connectivity index (χ1) is 11.5. The van der Waals surface area contributed by atoms with Crippen LogP contribution in [0.1, 0.15) is 25.3 Å². The van der Waals surface area contributed by atoms with E-state index in [2.05, 4.69) is 81.0 Å². The second kappa shape index (κ2) is 8.80. The lowest BCUT2D eigenvalue weighted by atomic mass is 10.1. The standard InChI is InChI=1S/C20H31N2OP/c1-7-14-22(5)24(19-11-9-8-10-18(19)23-6)20-15-16(2)12-13-17(20)21(3)4/h8-9,11-13,15,18H,7,10,14H2,1-6H3. The molecular formula is C20H31N2OP. The molecule has 1 aliphatic carbocycles. The highest BCUT2D eigenvalue weighted by Gasteiger charge is 2.30. The summed E-state index contributed by atoms with van der Waals surface area (Å²) in [5.74, 6) is 0. The molecule has 2 rings (SSSR count). The number of aryl methyl sites for hydroxylation is 1. The normalized spacial score (nSPS) is 18.6. The van der Waals surface area contributed by atoms with Crippen LogP contribution in [0, 0.1) is 6.92 Å². The third-order valence-electron chi connectivity index (χ3n) is 4.34. The van der Waals surface area contributed by atoms with Crippen LogP contribution >= 0.6 is 8.07 Å². The third kappa shape index (κ3) is 4.27. The minimum Gasteiger partial charge on any atom is -0.377 e. The summed E-state index contributed by atoms with van der Waals surface area (Å²) in [5, 5.41) is 2.84. The second-order valence-electron chi connectivity index (χ2n) is 6.56. The Balaban J connectivity index is 2.57. The van der Waals surface area contributed by atoms with Gasteiger partial charge in [0.1, 0.15) is 0 Å². The van der Waals surface area contributed by atoms with Crippen LogP contribution in [0.2, 0.25) is 0 Å². The minimum atomic E-state index is -0.579. The lowest BCUT2D eigenvalue weighted by molar-refractivity contribution is 0.139. The maximum Gasteiger partial charge on any atom is 0.0875 e. The van der Waals surface area contributed by atoms with Crippen molar-refractivity contribution in [3.8, 4) is 0 Å². The van der Waals surface area contributed by atoms with E-state index in [9.17, 15) is 0 Å². The van der Waals surface area contributed by atoms with E-state index in [1.54, 1.807) is 0 Å². The Hall–Kier alpha value is -1.15. The molecule has 0 spiro atoms. The molecule has 0 fully saturated rings. The number of hydrogen-bond acceptors (Lipinski definition) is 3. The molecule has 1 aromatic carbocycles. The molecule has 4 heteroatoms. The summed E-state index contributed by atoms with van der Waals surface area (Å²) in [4.78, 5) is 2.23. The van der Waals surface area contributed by atoms with E-state index in [-0.39, 0.29) is 6.10 Å². The zero-order chi connectivity index (χ0) is 17.7. The third-order valence-corrected chi connectivity index (χ3v) is 6.97. The maximum absolute atomic E-state index is 5.82. The van der Waals surface area contributed by atoms with E-state index in [0.717, 1.165) is 19.4 Å². The van der Waals surface area contributed by atoms with Crippen LogP contribution in [0.5, 0.6) is 0 Å². The van der Waals surface area contributed by atoms with Crippen LogP contribution < -0.4 is 10.2 Å². The van der Waals surface area contributed by atoms with Gasteiger partial charge in [-0.25, -0.2) is 0 Å². The Bertz CT molecular complexity index is 610. The number of nitrogens with zero attached hydrogens (tertiary/aromatic N) is 2. The first-order valence-corrected chi connectivity index (χ1v) is 9.97. The number of anilines is 1. The Kier molecular flexibility index (Phi) is 7.03. The highest BCUT2D eigenvalue weighted by molar-refractivity contribution is 7.67. The monoisotopic (exact) mass is 346 g/mol. The van der Waals surface area contributed by atoms with Gasteiger partial charge in [0.2, 0.25) is 0 Å². The van der Waals surface area contributed by atoms with E-state index in [1.807, 2.05) is 7.11 Å². The fourth-order valence-corrected chi connectivity index (χ4v) is 6.11. The smallest absolute Gasteiger partial charge is 0.0875 e. The summed E-state index contributed by atoms with van der Waals surface area (Å²) in [6.07, 6.45) is 8.95. The average molecular weight is 346 g/mol. The summed E-state index contributed by atoms with van der Waals surface area (Å²) >= 11 is 0. The van der Waals surface area contributed by atoms with Crippen LogP contribution in [0.15, 0.2) is 41.7 Å². The van der Waals surface area contributed by atoms with Crippen LogP contribution in [-0.4, -0.2) is 45.6 Å². The van der Waals surface area contributed by atoms with E-state index < -0.39 is 8.07 Å². The van der Waals surface area contributed by atoms with Crippen molar-refractivity contribution in [2.75, 3.05) is 39.7 Å². The molecule has 0 aliphatic heterocycles. The zero-order valence-corrected chi connectivity index (χ0v) is 16.8. The van der Waals surface area contributed by atoms with Crippen molar-refractivity contribution in [2.45, 2.75) is 32.8 Å². The van der Waals surface area contributed by atoms with Crippen LogP contribution in [0.25, 0.3) is 0 Å². The van der Waals surface area contributed by atoms with Gasteiger partial charge in [-0.15, -0.1) is 0 Å². The Labute approximate surface area is 148 Å². The number of allylic oxidation sites excluding steroid dienone is 2. The number of hydrogen-bond donors (Lipinski definition) is 0. The molecule has 2 atom stereocenters. The van der Waals surface area contributed by atoms with Gasteiger partial charge in [0.15, 0.2) is 0 Å². The molecule has 0 saturated carbocycles. The summed E-state index contributed by atoms with van der Waals surface area (Å²) in [6.45, 7) is 5.51. The van der Waals surface area contributed by atoms with Crippen molar-refractivity contribution in [2.24, 2.45) is 0 Å². The van der Waals surface area contributed by atoms with Gasteiger partial charge in [-0.05, 0) is 38.9 Å². The highest BCUT2D eigenvalue weighted by Crippen LogP contribution is 2.52. The van der Waals surface area contributed by atoms with Crippen molar-refractivity contribution in [1.29, 1.82) is 0 Å². The van der Waals surface area contributed by atoms with Crippen LogP contribution in [0.4, 0.5) is 5.69 Å². The maximum atomic E-state index is 5.82. The van der Waals surface area contributed by atoms with Crippen molar-refractivity contribution >= 4 is 19.1 Å². The van der Waals surface area contributed by atoms with Gasteiger partial charge in [-0.3, -0.25) is 4.67 Å². The SMILES string of the molecule is CCCN(C)P(C1=CC=CCC1OC)c1cc(C)ccc1N(C)C. The molecular weight excluding hydrogens is 315 g/mol. The predicted octanol–water partition coefficient (Wildman–Crippen LogP) is 4.28. The minimum absolute atomic E-state index is 0.177. The van der Waals surface area contributed by atoms with Gasteiger partial charge < -0.3 is 9.64 Å². The molecule has 0 heterocycles. The van der Waals surface area contributed by atoms with Gasteiger partial charge in [0, 0.05) is 52.1 Å². The Morgan fingerprint density at radius 2 is 2.00 bits per heavy atom. The number of ether oxygens (including phenoxy) is 1. The summed E-state index contributed by atoms with van der Waals surface area (Å²) in [5.41, 5.74) is 2.62. The lowest BCUT2D eigenvalue weighted by Gasteiger charge is -2.36. The quantitative estimate of drug-likeness (QED) is 0.685. The number of rotatable bonds is 7. The fourth-order valence-electron chi connectivity index (χ4n) is 3.15. The molecule has 0 radical (unpaired) electrons. The van der Waals surface area contributed by atoms with Crippen molar-refractivity contribution < 1.29 is 4.74 Å². The van der Waals surface area contributed by atoms with Crippen molar-refractivity contribution in [3.05, 3.63) is 47.3 Å².